The number of halogens is 4. The van der Waals surface area contributed by atoms with Crippen molar-refractivity contribution in [1.29, 1.82) is 0 Å². The van der Waals surface area contributed by atoms with Crippen molar-refractivity contribution >= 4 is 16.8 Å². The van der Waals surface area contributed by atoms with Gasteiger partial charge in [0.2, 0.25) is 5.78 Å². The van der Waals surface area contributed by atoms with Crippen molar-refractivity contribution in [3.8, 4) is 11.5 Å². The van der Waals surface area contributed by atoms with Crippen LogP contribution >= 0.6 is 0 Å². The Labute approximate surface area is 190 Å². The number of carbonyl (C=O) groups excluding carboxylic acids is 1. The van der Waals surface area contributed by atoms with E-state index in [1.807, 2.05) is 0 Å². The summed E-state index contributed by atoms with van der Waals surface area (Å²) >= 11 is 0. The summed E-state index contributed by atoms with van der Waals surface area (Å²) in [5.74, 6) is 1.53. The molecule has 0 atom stereocenters. The van der Waals surface area contributed by atoms with Crippen LogP contribution in [0.25, 0.3) is 11.0 Å². The highest BCUT2D eigenvalue weighted by Gasteiger charge is 2.34. The molecule has 0 aliphatic carbocycles. The second-order valence-electron chi connectivity index (χ2n) is 7.66. The zero-order valence-electron chi connectivity index (χ0n) is 17.8. The van der Waals surface area contributed by atoms with Crippen LogP contribution in [0, 0.1) is 0 Å². The summed E-state index contributed by atoms with van der Waals surface area (Å²) in [4.78, 5) is 13.3. The smallest absolute Gasteiger partial charge is 0.416 e. The number of alkyl halides is 3. The number of Topliss-reactive ketones (excluding diaryl/α,β-unsaturated/α-hetero) is 1. The number of hydrogen-bond donors (Lipinski definition) is 0. The standard InChI is InChI=1S/C23H24F3N2O3.ClH/c1-30-16-8-10-21(31-2)17(13-16)20(29)14-28-19-12-15(23(24,25)26)7-9-18(19)27-11-5-3-4-6-22(27)28;/h7-10,12-13H,3-6,11,14H2,1-2H3;1H/q+1;/p-1. The average Bonchev–Trinajstić information content (AvgIpc) is 2.90. The lowest BCUT2D eigenvalue weighted by Crippen LogP contribution is -3.00. The zero-order chi connectivity index (χ0) is 22.2. The number of hydrogen-bond acceptors (Lipinski definition) is 3. The third-order valence-corrected chi connectivity index (χ3v) is 5.80. The molecule has 3 aromatic rings. The minimum atomic E-state index is -4.45. The molecular weight excluding hydrogens is 445 g/mol. The van der Waals surface area contributed by atoms with Crippen molar-refractivity contribution in [2.75, 3.05) is 14.2 Å². The molecular formula is C23H24ClF3N2O3. The quantitative estimate of drug-likeness (QED) is 0.422. The van der Waals surface area contributed by atoms with Crippen LogP contribution in [-0.4, -0.2) is 24.6 Å². The summed E-state index contributed by atoms with van der Waals surface area (Å²) in [6.45, 7) is 0.643. The summed E-state index contributed by atoms with van der Waals surface area (Å²) in [5.41, 5.74) is 0.751. The van der Waals surface area contributed by atoms with Crippen LogP contribution in [0.1, 0.15) is 41.0 Å². The molecule has 0 N–H and O–H groups in total. The molecule has 0 saturated carbocycles. The summed E-state index contributed by atoms with van der Waals surface area (Å²) in [6.07, 6.45) is -0.819. The topological polar surface area (TPSA) is 44.3 Å². The van der Waals surface area contributed by atoms with Crippen LogP contribution < -0.4 is 26.4 Å². The van der Waals surface area contributed by atoms with Gasteiger partial charge in [0.1, 0.15) is 11.5 Å². The van der Waals surface area contributed by atoms with Crippen molar-refractivity contribution < 1.29 is 44.4 Å². The molecule has 1 aliphatic rings. The van der Waals surface area contributed by atoms with Crippen molar-refractivity contribution in [2.45, 2.75) is 44.9 Å². The first-order valence-corrected chi connectivity index (χ1v) is 10.2. The molecule has 0 amide bonds. The Bertz CT molecular complexity index is 1140. The number of aryl methyl sites for hydroxylation is 1. The van der Waals surface area contributed by atoms with E-state index in [1.54, 1.807) is 22.8 Å². The number of aromatic nitrogens is 2. The Balaban J connectivity index is 0.00000289. The Hall–Kier alpha value is -2.74. The molecule has 2 heterocycles. The van der Waals surface area contributed by atoms with E-state index in [4.69, 9.17) is 9.47 Å². The maximum absolute atomic E-state index is 13.4. The van der Waals surface area contributed by atoms with Crippen molar-refractivity contribution in [2.24, 2.45) is 0 Å². The number of ether oxygens (including phenoxy) is 2. The number of ketones is 1. The number of carbonyl (C=O) groups is 1. The molecule has 4 rings (SSSR count). The summed E-state index contributed by atoms with van der Waals surface area (Å²) in [5, 5.41) is 0. The molecule has 0 saturated heterocycles. The SMILES string of the molecule is COc1ccc(OC)c(C(=O)Cn2c3[n+](c4ccc(C(F)(F)F)cc42)CCCCC3)c1.[Cl-]. The van der Waals surface area contributed by atoms with Crippen molar-refractivity contribution in [1.82, 2.24) is 4.57 Å². The van der Waals surface area contributed by atoms with Gasteiger partial charge in [-0.05, 0) is 49.6 Å². The second kappa shape index (κ2) is 9.40. The van der Waals surface area contributed by atoms with E-state index in [0.29, 0.717) is 29.0 Å². The predicted octanol–water partition coefficient (Wildman–Crippen LogP) is 1.58. The molecule has 0 unspecified atom stereocenters. The van der Waals surface area contributed by atoms with Gasteiger partial charge >= 0.3 is 6.18 Å². The Morgan fingerprint density at radius 3 is 2.53 bits per heavy atom. The molecule has 32 heavy (non-hydrogen) atoms. The molecule has 172 valence electrons. The fraction of sp³-hybridized carbons (Fsp3) is 0.391. The van der Waals surface area contributed by atoms with Crippen LogP contribution in [0.3, 0.4) is 0 Å². The largest absolute Gasteiger partial charge is 1.00 e. The van der Waals surface area contributed by atoms with Gasteiger partial charge in [-0.25, -0.2) is 9.13 Å². The van der Waals surface area contributed by atoms with Gasteiger partial charge in [0.05, 0.1) is 31.9 Å². The molecule has 0 fully saturated rings. The zero-order valence-corrected chi connectivity index (χ0v) is 18.6. The molecule has 0 radical (unpaired) electrons. The number of methoxy groups -OCH3 is 2. The van der Waals surface area contributed by atoms with E-state index in [2.05, 4.69) is 4.57 Å². The van der Waals surface area contributed by atoms with Gasteiger partial charge in [0.25, 0.3) is 5.82 Å². The molecule has 0 bridgehead atoms. The molecule has 1 aromatic heterocycles. The third-order valence-electron chi connectivity index (χ3n) is 5.80. The van der Waals surface area contributed by atoms with Crippen LogP contribution in [0.5, 0.6) is 11.5 Å². The first-order valence-electron chi connectivity index (χ1n) is 10.2. The highest BCUT2D eigenvalue weighted by Crippen LogP contribution is 2.32. The number of rotatable bonds is 5. The number of imidazole rings is 1. The Kier molecular flexibility index (Phi) is 7.03. The summed E-state index contributed by atoms with van der Waals surface area (Å²) in [7, 11) is 2.98. The van der Waals surface area contributed by atoms with Crippen molar-refractivity contribution in [3.05, 3.63) is 53.3 Å². The second-order valence-corrected chi connectivity index (χ2v) is 7.66. The lowest BCUT2D eigenvalue weighted by Gasteiger charge is -2.10. The van der Waals surface area contributed by atoms with Crippen molar-refractivity contribution in [3.63, 3.8) is 0 Å². The van der Waals surface area contributed by atoms with Crippen LogP contribution in [0.2, 0.25) is 0 Å². The van der Waals surface area contributed by atoms with Crippen LogP contribution in [0.4, 0.5) is 13.2 Å². The van der Waals surface area contributed by atoms with E-state index in [-0.39, 0.29) is 24.7 Å². The van der Waals surface area contributed by atoms with E-state index in [0.717, 1.165) is 49.3 Å². The first-order chi connectivity index (χ1) is 14.8. The maximum Gasteiger partial charge on any atom is 0.416 e. The van der Waals surface area contributed by atoms with Gasteiger partial charge in [-0.3, -0.25) is 4.79 Å². The van der Waals surface area contributed by atoms with E-state index < -0.39 is 11.7 Å². The molecule has 1 aliphatic heterocycles. The highest BCUT2D eigenvalue weighted by molar-refractivity contribution is 5.99. The number of fused-ring (bicyclic) bond motifs is 3. The molecule has 5 nitrogen and oxygen atoms in total. The van der Waals surface area contributed by atoms with Crippen LogP contribution in [-0.2, 0) is 25.7 Å². The molecule has 9 heteroatoms. The Morgan fingerprint density at radius 2 is 1.84 bits per heavy atom. The lowest BCUT2D eigenvalue weighted by molar-refractivity contribution is -0.678. The lowest BCUT2D eigenvalue weighted by atomic mass is 10.1. The predicted molar refractivity (Wildman–Crippen MR) is 109 cm³/mol. The minimum absolute atomic E-state index is 0. The van der Waals surface area contributed by atoms with Gasteiger partial charge in [0.15, 0.2) is 17.6 Å². The van der Waals surface area contributed by atoms with Gasteiger partial charge < -0.3 is 21.9 Å². The third kappa shape index (κ3) is 4.41. The van der Waals surface area contributed by atoms with E-state index >= 15 is 0 Å². The summed E-state index contributed by atoms with van der Waals surface area (Å²) < 4.78 is 54.5. The van der Waals surface area contributed by atoms with Gasteiger partial charge in [0, 0.05) is 12.5 Å². The van der Waals surface area contributed by atoms with Gasteiger partial charge in [-0.2, -0.15) is 13.2 Å². The van der Waals surface area contributed by atoms with Gasteiger partial charge in [-0.1, -0.05) is 0 Å². The number of benzene rings is 2. The van der Waals surface area contributed by atoms with E-state index in [9.17, 15) is 18.0 Å². The maximum atomic E-state index is 13.4. The monoisotopic (exact) mass is 468 g/mol. The fourth-order valence-corrected chi connectivity index (χ4v) is 4.25. The highest BCUT2D eigenvalue weighted by atomic mass is 35.5. The van der Waals surface area contributed by atoms with Crippen LogP contribution in [0.15, 0.2) is 36.4 Å². The normalized spacial score (nSPS) is 13.8. The first kappa shape index (κ1) is 23.9. The molecule has 0 spiro atoms. The fourth-order valence-electron chi connectivity index (χ4n) is 4.25. The Morgan fingerprint density at radius 1 is 1.06 bits per heavy atom. The summed E-state index contributed by atoms with van der Waals surface area (Å²) in [6, 6.07) is 8.71. The number of nitrogens with zero attached hydrogens (tertiary/aromatic N) is 2. The minimum Gasteiger partial charge on any atom is -1.00 e. The average molecular weight is 469 g/mol. The van der Waals surface area contributed by atoms with E-state index in [1.165, 1.54) is 20.3 Å². The van der Waals surface area contributed by atoms with Gasteiger partial charge in [-0.15, -0.1) is 0 Å². The molecule has 2 aromatic carbocycles.